The molecule has 0 aromatic carbocycles. The van der Waals surface area contributed by atoms with Crippen LogP contribution in [0, 0.1) is 11.3 Å². The van der Waals surface area contributed by atoms with E-state index in [0.717, 1.165) is 25.6 Å². The fourth-order valence-corrected chi connectivity index (χ4v) is 3.09. The lowest BCUT2D eigenvalue weighted by Crippen LogP contribution is -2.25. The highest BCUT2D eigenvalue weighted by molar-refractivity contribution is 5.09. The molecule has 1 aliphatic heterocycles. The van der Waals surface area contributed by atoms with Crippen LogP contribution in [-0.4, -0.2) is 41.3 Å². The molecule has 17 heavy (non-hydrogen) atoms. The molecule has 1 aromatic heterocycles. The van der Waals surface area contributed by atoms with Crippen LogP contribution in [0.25, 0.3) is 0 Å². The second kappa shape index (κ2) is 4.10. The van der Waals surface area contributed by atoms with Gasteiger partial charge in [0.1, 0.15) is 0 Å². The Bertz CT molecular complexity index is 403. The van der Waals surface area contributed by atoms with Gasteiger partial charge in [-0.3, -0.25) is 4.90 Å². The number of hydrogen-bond donors (Lipinski definition) is 0. The molecule has 1 saturated heterocycles. The summed E-state index contributed by atoms with van der Waals surface area (Å²) in [6.45, 7) is 7.64. The van der Waals surface area contributed by atoms with E-state index in [-0.39, 0.29) is 0 Å². The van der Waals surface area contributed by atoms with Gasteiger partial charge in [-0.05, 0) is 17.8 Å². The molecular weight excluding hydrogens is 214 g/mol. The number of imidazole rings is 1. The van der Waals surface area contributed by atoms with Gasteiger partial charge in [0.05, 0.1) is 18.6 Å². The third-order valence-electron chi connectivity index (χ3n) is 4.32. The summed E-state index contributed by atoms with van der Waals surface area (Å²) < 4.78 is 7.32. The molecule has 2 unspecified atom stereocenters. The van der Waals surface area contributed by atoms with Gasteiger partial charge in [0, 0.05) is 39.5 Å². The number of likely N-dealkylation sites (tertiary alicyclic amines) is 1. The van der Waals surface area contributed by atoms with Crippen molar-refractivity contribution in [3.63, 3.8) is 0 Å². The number of piperidine rings is 1. The Balaban J connectivity index is 1.59. The minimum Gasteiger partial charge on any atom is -0.383 e. The van der Waals surface area contributed by atoms with Crippen molar-refractivity contribution in [2.45, 2.75) is 26.4 Å². The van der Waals surface area contributed by atoms with Crippen molar-refractivity contribution < 1.29 is 4.74 Å². The Morgan fingerprint density at radius 3 is 3.18 bits per heavy atom. The first kappa shape index (κ1) is 11.2. The van der Waals surface area contributed by atoms with Gasteiger partial charge < -0.3 is 9.30 Å². The van der Waals surface area contributed by atoms with Crippen LogP contribution in [0.2, 0.25) is 0 Å². The molecule has 1 aromatic rings. The Labute approximate surface area is 103 Å². The summed E-state index contributed by atoms with van der Waals surface area (Å²) in [5, 5.41) is 0. The highest BCUT2D eigenvalue weighted by Gasteiger charge is 2.55. The Morgan fingerprint density at radius 1 is 1.59 bits per heavy atom. The average Bonchev–Trinajstić information content (AvgIpc) is 2.64. The average molecular weight is 235 g/mol. The lowest BCUT2D eigenvalue weighted by Gasteiger charge is -2.19. The molecule has 0 amide bonds. The quantitative estimate of drug-likeness (QED) is 0.772. The number of ether oxygens (including phenoxy) is 1. The monoisotopic (exact) mass is 235 g/mol. The molecule has 2 atom stereocenters. The van der Waals surface area contributed by atoms with Crippen molar-refractivity contribution in [1.29, 1.82) is 0 Å². The molecule has 2 fully saturated rings. The van der Waals surface area contributed by atoms with E-state index in [0.29, 0.717) is 5.41 Å². The van der Waals surface area contributed by atoms with Crippen molar-refractivity contribution in [1.82, 2.24) is 14.5 Å². The van der Waals surface area contributed by atoms with E-state index >= 15 is 0 Å². The van der Waals surface area contributed by atoms with Crippen molar-refractivity contribution in [2.75, 3.05) is 26.8 Å². The first-order valence-electron chi connectivity index (χ1n) is 6.41. The van der Waals surface area contributed by atoms with Crippen molar-refractivity contribution in [3.05, 3.63) is 18.2 Å². The first-order valence-corrected chi connectivity index (χ1v) is 6.41. The zero-order chi connectivity index (χ0) is 11.9. The zero-order valence-electron chi connectivity index (χ0n) is 10.7. The van der Waals surface area contributed by atoms with Crippen LogP contribution in [0.3, 0.4) is 0 Å². The fourth-order valence-electron chi connectivity index (χ4n) is 3.09. The van der Waals surface area contributed by atoms with Crippen LogP contribution >= 0.6 is 0 Å². The maximum atomic E-state index is 5.12. The second-order valence-electron chi connectivity index (χ2n) is 5.80. The normalized spacial score (nSPS) is 31.8. The lowest BCUT2D eigenvalue weighted by atomic mass is 10.1. The lowest BCUT2D eigenvalue weighted by molar-refractivity contribution is 0.184. The number of hydrogen-bond acceptors (Lipinski definition) is 3. The van der Waals surface area contributed by atoms with Crippen molar-refractivity contribution >= 4 is 0 Å². The van der Waals surface area contributed by atoms with Crippen LogP contribution < -0.4 is 0 Å². The van der Waals surface area contributed by atoms with Gasteiger partial charge in [-0.15, -0.1) is 0 Å². The Kier molecular flexibility index (Phi) is 2.71. The number of nitrogens with zero attached hydrogens (tertiary/aromatic N) is 3. The second-order valence-corrected chi connectivity index (χ2v) is 5.80. The summed E-state index contributed by atoms with van der Waals surface area (Å²) in [4.78, 5) is 6.81. The predicted molar refractivity (Wildman–Crippen MR) is 65.6 cm³/mol. The molecule has 0 N–H and O–H groups in total. The highest BCUT2D eigenvalue weighted by Crippen LogP contribution is 2.57. The largest absolute Gasteiger partial charge is 0.383 e. The van der Waals surface area contributed by atoms with Crippen LogP contribution in [0.4, 0.5) is 0 Å². The predicted octanol–water partition coefficient (Wildman–Crippen LogP) is 1.37. The molecular formula is C13H21N3O. The minimum absolute atomic E-state index is 0.636. The third kappa shape index (κ3) is 2.11. The van der Waals surface area contributed by atoms with Gasteiger partial charge in [0.15, 0.2) is 0 Å². The molecule has 1 saturated carbocycles. The summed E-state index contributed by atoms with van der Waals surface area (Å²) in [6.07, 6.45) is 5.33. The Hall–Kier alpha value is -0.870. The van der Waals surface area contributed by atoms with Crippen LogP contribution in [-0.2, 0) is 17.8 Å². The van der Waals surface area contributed by atoms with Gasteiger partial charge in [0.2, 0.25) is 0 Å². The summed E-state index contributed by atoms with van der Waals surface area (Å²) in [5.41, 5.74) is 1.95. The minimum atomic E-state index is 0.636. The number of aromatic nitrogens is 2. The van der Waals surface area contributed by atoms with E-state index in [2.05, 4.69) is 21.4 Å². The van der Waals surface area contributed by atoms with Gasteiger partial charge >= 0.3 is 0 Å². The van der Waals surface area contributed by atoms with E-state index in [4.69, 9.17) is 4.74 Å². The molecule has 2 aliphatic rings. The van der Waals surface area contributed by atoms with E-state index in [1.807, 2.05) is 12.5 Å². The summed E-state index contributed by atoms with van der Waals surface area (Å²) in [5.74, 6) is 0.956. The number of rotatable bonds is 5. The zero-order valence-corrected chi connectivity index (χ0v) is 10.7. The Morgan fingerprint density at radius 2 is 2.47 bits per heavy atom. The summed E-state index contributed by atoms with van der Waals surface area (Å²) in [6, 6.07) is 0. The number of methoxy groups -OCH3 is 1. The molecule has 2 heterocycles. The standard InChI is InChI=1S/C13H21N3O/c1-13-5-11(13)7-15(9-13)8-12-6-14-10-16(12)3-4-17-2/h6,10-11H,3-5,7-9H2,1-2H3. The summed E-state index contributed by atoms with van der Waals surface area (Å²) in [7, 11) is 1.74. The van der Waals surface area contributed by atoms with E-state index in [1.165, 1.54) is 25.2 Å². The highest BCUT2D eigenvalue weighted by atomic mass is 16.5. The SMILES string of the molecule is COCCn1cncc1CN1CC2CC2(C)C1. The van der Waals surface area contributed by atoms with Crippen LogP contribution in [0.1, 0.15) is 19.0 Å². The maximum Gasteiger partial charge on any atom is 0.0949 e. The smallest absolute Gasteiger partial charge is 0.0949 e. The van der Waals surface area contributed by atoms with Crippen LogP contribution in [0.15, 0.2) is 12.5 Å². The molecule has 3 rings (SSSR count). The summed E-state index contributed by atoms with van der Waals surface area (Å²) >= 11 is 0. The third-order valence-corrected chi connectivity index (χ3v) is 4.32. The number of fused-ring (bicyclic) bond motifs is 1. The van der Waals surface area contributed by atoms with Gasteiger partial charge in [-0.2, -0.15) is 0 Å². The van der Waals surface area contributed by atoms with Gasteiger partial charge in [-0.25, -0.2) is 4.98 Å². The molecule has 0 bridgehead atoms. The molecule has 0 radical (unpaired) electrons. The van der Waals surface area contributed by atoms with Crippen molar-refractivity contribution in [3.8, 4) is 0 Å². The molecule has 1 aliphatic carbocycles. The van der Waals surface area contributed by atoms with Crippen LogP contribution in [0.5, 0.6) is 0 Å². The van der Waals surface area contributed by atoms with E-state index < -0.39 is 0 Å². The fraction of sp³-hybridized carbons (Fsp3) is 0.769. The topological polar surface area (TPSA) is 30.3 Å². The van der Waals surface area contributed by atoms with Crippen molar-refractivity contribution in [2.24, 2.45) is 11.3 Å². The van der Waals surface area contributed by atoms with E-state index in [9.17, 15) is 0 Å². The first-order chi connectivity index (χ1) is 8.21. The van der Waals surface area contributed by atoms with Gasteiger partial charge in [-0.1, -0.05) is 6.92 Å². The molecule has 0 spiro atoms. The van der Waals surface area contributed by atoms with E-state index in [1.54, 1.807) is 7.11 Å². The molecule has 4 nitrogen and oxygen atoms in total. The molecule has 4 heteroatoms. The maximum absolute atomic E-state index is 5.12. The molecule has 94 valence electrons. The van der Waals surface area contributed by atoms with Gasteiger partial charge in [0.25, 0.3) is 0 Å².